The molecule has 154 valence electrons. The van der Waals surface area contributed by atoms with Gasteiger partial charge in [0.1, 0.15) is 5.75 Å². The number of amides is 1. The summed E-state index contributed by atoms with van der Waals surface area (Å²) in [5, 5.41) is 3.19. The molecule has 0 bridgehead atoms. The second-order valence-electron chi connectivity index (χ2n) is 6.55. The molecule has 0 aliphatic rings. The van der Waals surface area contributed by atoms with Gasteiger partial charge in [-0.05, 0) is 56.2 Å². The molecule has 1 amide bonds. The summed E-state index contributed by atoms with van der Waals surface area (Å²) >= 11 is 1.34. The number of fused-ring (bicyclic) bond motifs is 1. The third-order valence-electron chi connectivity index (χ3n) is 4.19. The average Bonchev–Trinajstić information content (AvgIpc) is 3.05. The maximum atomic E-state index is 12.5. The van der Waals surface area contributed by atoms with Crippen LogP contribution in [0, 0.1) is 13.8 Å². The summed E-state index contributed by atoms with van der Waals surface area (Å²) in [6.45, 7) is 6.07. The van der Waals surface area contributed by atoms with Crippen LogP contribution in [0.5, 0.6) is 5.75 Å². The van der Waals surface area contributed by atoms with Gasteiger partial charge in [0.25, 0.3) is 0 Å². The van der Waals surface area contributed by atoms with Crippen LogP contribution in [-0.4, -0.2) is 32.5 Å². The lowest BCUT2D eigenvalue weighted by Crippen LogP contribution is -2.28. The molecular formula is C20H23N3O4S2. The molecule has 9 heteroatoms. The van der Waals surface area contributed by atoms with E-state index < -0.39 is 10.0 Å². The molecule has 29 heavy (non-hydrogen) atoms. The van der Waals surface area contributed by atoms with Gasteiger partial charge in [0.05, 0.1) is 21.7 Å². The van der Waals surface area contributed by atoms with Crippen LogP contribution in [0.25, 0.3) is 10.2 Å². The van der Waals surface area contributed by atoms with E-state index in [-0.39, 0.29) is 23.8 Å². The molecule has 3 rings (SSSR count). The number of hydrogen-bond donors (Lipinski definition) is 2. The Labute approximate surface area is 174 Å². The predicted molar refractivity (Wildman–Crippen MR) is 115 cm³/mol. The lowest BCUT2D eigenvalue weighted by Gasteiger charge is -2.10. The Morgan fingerprint density at radius 2 is 1.97 bits per heavy atom. The minimum absolute atomic E-state index is 0.000924. The molecule has 0 spiro atoms. The molecular weight excluding hydrogens is 410 g/mol. The van der Waals surface area contributed by atoms with Crippen molar-refractivity contribution in [2.45, 2.75) is 32.1 Å². The fourth-order valence-corrected chi connectivity index (χ4v) is 5.04. The van der Waals surface area contributed by atoms with E-state index in [0.717, 1.165) is 21.5 Å². The highest BCUT2D eigenvalue weighted by Gasteiger charge is 2.17. The number of sulfonamides is 1. The second kappa shape index (κ2) is 8.89. The lowest BCUT2D eigenvalue weighted by atomic mass is 10.2. The fraction of sp³-hybridized carbons (Fsp3) is 0.300. The molecule has 1 aromatic heterocycles. The van der Waals surface area contributed by atoms with Gasteiger partial charge < -0.3 is 10.1 Å². The zero-order valence-electron chi connectivity index (χ0n) is 16.5. The molecule has 0 saturated carbocycles. The molecule has 0 unspecified atom stereocenters. The smallest absolute Gasteiger partial charge is 0.240 e. The van der Waals surface area contributed by atoms with Crippen molar-refractivity contribution in [2.24, 2.45) is 0 Å². The molecule has 7 nitrogen and oxygen atoms in total. The van der Waals surface area contributed by atoms with Crippen LogP contribution in [0.15, 0.2) is 41.3 Å². The average molecular weight is 434 g/mol. The number of carbonyl (C=O) groups excluding carboxylic acids is 1. The van der Waals surface area contributed by atoms with Crippen LogP contribution < -0.4 is 14.8 Å². The summed E-state index contributed by atoms with van der Waals surface area (Å²) in [5.74, 6) is 0.445. The first-order chi connectivity index (χ1) is 13.8. The Hall–Kier alpha value is -2.49. The normalized spacial score (nSPS) is 11.6. The number of nitrogens with zero attached hydrogens (tertiary/aromatic N) is 1. The number of aromatic nitrogens is 1. The third kappa shape index (κ3) is 5.31. The van der Waals surface area contributed by atoms with Crippen LogP contribution in [0.2, 0.25) is 0 Å². The third-order valence-corrected chi connectivity index (χ3v) is 6.73. The second-order valence-corrected chi connectivity index (χ2v) is 9.31. The zero-order valence-corrected chi connectivity index (χ0v) is 18.1. The van der Waals surface area contributed by atoms with Gasteiger partial charge in [0, 0.05) is 13.0 Å². The van der Waals surface area contributed by atoms with Crippen molar-refractivity contribution in [1.29, 1.82) is 0 Å². The lowest BCUT2D eigenvalue weighted by molar-refractivity contribution is -0.116. The first-order valence-corrected chi connectivity index (χ1v) is 11.5. The number of aryl methyl sites for hydroxylation is 2. The Kier molecular flexibility index (Phi) is 6.51. The number of thiazole rings is 1. The van der Waals surface area contributed by atoms with Gasteiger partial charge in [-0.3, -0.25) is 4.79 Å². The van der Waals surface area contributed by atoms with Crippen molar-refractivity contribution < 1.29 is 17.9 Å². The van der Waals surface area contributed by atoms with Gasteiger partial charge in [-0.1, -0.05) is 23.5 Å². The molecule has 0 aliphatic heterocycles. The zero-order chi connectivity index (χ0) is 21.0. The molecule has 2 aromatic carbocycles. The standard InChI is InChI=1S/C20H23N3O4S2/c1-4-27-15-7-8-16-17(12-15)28-20(22-16)23-19(24)9-10-21-29(25,26)18-11-13(2)5-6-14(18)3/h5-8,11-12,21H,4,9-10H2,1-3H3,(H,22,23,24). The number of hydrogen-bond acceptors (Lipinski definition) is 6. The summed E-state index contributed by atoms with van der Waals surface area (Å²) in [7, 11) is -3.67. The Balaban J connectivity index is 1.58. The monoisotopic (exact) mass is 433 g/mol. The van der Waals surface area contributed by atoms with Gasteiger partial charge in [-0.25, -0.2) is 18.1 Å². The van der Waals surface area contributed by atoms with Crippen LogP contribution in [0.3, 0.4) is 0 Å². The van der Waals surface area contributed by atoms with Gasteiger partial charge in [-0.15, -0.1) is 0 Å². The van der Waals surface area contributed by atoms with Gasteiger partial charge >= 0.3 is 0 Å². The molecule has 0 aliphatic carbocycles. The van der Waals surface area contributed by atoms with E-state index in [1.54, 1.807) is 19.1 Å². The van der Waals surface area contributed by atoms with Gasteiger partial charge in [0.15, 0.2) is 5.13 Å². The molecule has 1 heterocycles. The number of carbonyl (C=O) groups is 1. The van der Waals surface area contributed by atoms with Crippen LogP contribution in [0.1, 0.15) is 24.5 Å². The van der Waals surface area contributed by atoms with E-state index in [2.05, 4.69) is 15.0 Å². The maximum Gasteiger partial charge on any atom is 0.240 e. The Morgan fingerprint density at radius 3 is 2.72 bits per heavy atom. The van der Waals surface area contributed by atoms with Gasteiger partial charge in [0.2, 0.25) is 15.9 Å². The van der Waals surface area contributed by atoms with Crippen molar-refractivity contribution in [2.75, 3.05) is 18.5 Å². The first kappa shape index (κ1) is 21.2. The van der Waals surface area contributed by atoms with Crippen LogP contribution in [0.4, 0.5) is 5.13 Å². The van der Waals surface area contributed by atoms with Crippen molar-refractivity contribution >= 4 is 42.6 Å². The van der Waals surface area contributed by atoms with E-state index in [1.165, 1.54) is 11.3 Å². The SMILES string of the molecule is CCOc1ccc2nc(NC(=O)CCNS(=O)(=O)c3cc(C)ccc3C)sc2c1. The summed E-state index contributed by atoms with van der Waals surface area (Å²) in [5.41, 5.74) is 2.29. The summed E-state index contributed by atoms with van der Waals surface area (Å²) in [4.78, 5) is 16.8. The minimum Gasteiger partial charge on any atom is -0.494 e. The summed E-state index contributed by atoms with van der Waals surface area (Å²) < 4.78 is 33.8. The molecule has 0 saturated heterocycles. The number of anilines is 1. The molecule has 2 N–H and O–H groups in total. The van der Waals surface area contributed by atoms with E-state index in [4.69, 9.17) is 4.74 Å². The van der Waals surface area contributed by atoms with E-state index in [9.17, 15) is 13.2 Å². The highest BCUT2D eigenvalue weighted by molar-refractivity contribution is 7.89. The van der Waals surface area contributed by atoms with E-state index in [1.807, 2.05) is 38.1 Å². The Morgan fingerprint density at radius 1 is 1.17 bits per heavy atom. The largest absolute Gasteiger partial charge is 0.494 e. The quantitative estimate of drug-likeness (QED) is 0.565. The Bertz CT molecular complexity index is 1140. The summed E-state index contributed by atoms with van der Waals surface area (Å²) in [6.07, 6.45) is 0.00418. The topological polar surface area (TPSA) is 97.4 Å². The van der Waals surface area contributed by atoms with Crippen molar-refractivity contribution in [3.8, 4) is 5.75 Å². The molecule has 0 atom stereocenters. The van der Waals surface area contributed by atoms with Crippen LogP contribution in [-0.2, 0) is 14.8 Å². The molecule has 0 fully saturated rings. The van der Waals surface area contributed by atoms with E-state index in [0.29, 0.717) is 17.3 Å². The minimum atomic E-state index is -3.67. The number of benzene rings is 2. The molecule has 0 radical (unpaired) electrons. The maximum absolute atomic E-state index is 12.5. The highest BCUT2D eigenvalue weighted by atomic mass is 32.2. The molecule has 3 aromatic rings. The van der Waals surface area contributed by atoms with Crippen molar-refractivity contribution in [3.05, 3.63) is 47.5 Å². The fourth-order valence-electron chi connectivity index (χ4n) is 2.77. The van der Waals surface area contributed by atoms with Crippen molar-refractivity contribution in [3.63, 3.8) is 0 Å². The van der Waals surface area contributed by atoms with Crippen LogP contribution >= 0.6 is 11.3 Å². The van der Waals surface area contributed by atoms with E-state index >= 15 is 0 Å². The highest BCUT2D eigenvalue weighted by Crippen LogP contribution is 2.29. The van der Waals surface area contributed by atoms with Crippen molar-refractivity contribution in [1.82, 2.24) is 9.71 Å². The summed E-state index contributed by atoms with van der Waals surface area (Å²) in [6, 6.07) is 10.8. The number of ether oxygens (including phenoxy) is 1. The number of nitrogens with one attached hydrogen (secondary N) is 2. The predicted octanol–water partition coefficient (Wildman–Crippen LogP) is 3.62. The van der Waals surface area contributed by atoms with Gasteiger partial charge in [-0.2, -0.15) is 0 Å². The first-order valence-electron chi connectivity index (χ1n) is 9.18. The number of rotatable bonds is 8.